The molecule has 1 amide bonds. The zero-order valence-electron chi connectivity index (χ0n) is 12.2. The van der Waals surface area contributed by atoms with Crippen LogP contribution >= 0.6 is 0 Å². The largest absolute Gasteiger partial charge is 0.508 e. The first-order chi connectivity index (χ1) is 11.2. The topological polar surface area (TPSA) is 80.0 Å². The van der Waals surface area contributed by atoms with E-state index in [1.807, 2.05) is 18.2 Å². The molecule has 0 aliphatic carbocycles. The Morgan fingerprint density at radius 1 is 1.09 bits per heavy atom. The van der Waals surface area contributed by atoms with Crippen LogP contribution in [0.1, 0.15) is 10.5 Å². The Balaban J connectivity index is 1.76. The van der Waals surface area contributed by atoms with Crippen molar-refractivity contribution in [2.75, 3.05) is 6.54 Å². The molecule has 4 rings (SSSR count). The van der Waals surface area contributed by atoms with Crippen LogP contribution < -0.4 is 5.32 Å². The second-order valence-electron chi connectivity index (χ2n) is 5.37. The molecular weight excluding hydrogens is 292 g/mol. The number of aromatic hydroxyl groups is 1. The summed E-state index contributed by atoms with van der Waals surface area (Å²) >= 11 is 0. The van der Waals surface area contributed by atoms with Crippen molar-refractivity contribution in [3.63, 3.8) is 0 Å². The highest BCUT2D eigenvalue weighted by Crippen LogP contribution is 2.26. The van der Waals surface area contributed by atoms with Crippen LogP contribution in [-0.4, -0.2) is 32.3 Å². The van der Waals surface area contributed by atoms with Crippen LogP contribution in [0.15, 0.2) is 48.7 Å². The smallest absolute Gasteiger partial charge is 0.269 e. The summed E-state index contributed by atoms with van der Waals surface area (Å²) in [5.41, 5.74) is 3.76. The van der Waals surface area contributed by atoms with E-state index in [2.05, 4.69) is 15.4 Å². The number of nitrogens with one attached hydrogen (secondary N) is 1. The summed E-state index contributed by atoms with van der Waals surface area (Å²) in [4.78, 5) is 16.2. The Kier molecular flexibility index (Phi) is 3.08. The van der Waals surface area contributed by atoms with E-state index in [-0.39, 0.29) is 11.7 Å². The van der Waals surface area contributed by atoms with Gasteiger partial charge < -0.3 is 10.4 Å². The van der Waals surface area contributed by atoms with Crippen molar-refractivity contribution in [2.24, 2.45) is 0 Å². The standard InChI is InChI=1S/C17H14N4O2/c22-13-3-1-2-11(8-13)14-9-12(4-5-18-14)15-10-16-17(23)19-6-7-21(16)20-15/h1-5,8-10,22H,6-7H2,(H,19,23). The quantitative estimate of drug-likeness (QED) is 0.759. The van der Waals surface area contributed by atoms with Crippen LogP contribution in [0.25, 0.3) is 22.5 Å². The fourth-order valence-electron chi connectivity index (χ4n) is 2.69. The van der Waals surface area contributed by atoms with Gasteiger partial charge in [-0.2, -0.15) is 5.10 Å². The monoisotopic (exact) mass is 306 g/mol. The van der Waals surface area contributed by atoms with E-state index in [0.29, 0.717) is 18.8 Å². The maximum Gasteiger partial charge on any atom is 0.269 e. The Bertz CT molecular complexity index is 901. The van der Waals surface area contributed by atoms with E-state index in [9.17, 15) is 9.90 Å². The molecule has 6 nitrogen and oxygen atoms in total. The Hall–Kier alpha value is -3.15. The highest BCUT2D eigenvalue weighted by atomic mass is 16.3. The number of aromatic nitrogens is 3. The second kappa shape index (κ2) is 5.24. The number of nitrogens with zero attached hydrogens (tertiary/aromatic N) is 3. The molecule has 1 aliphatic heterocycles. The third-order valence-electron chi connectivity index (χ3n) is 3.82. The molecule has 114 valence electrons. The molecule has 2 N–H and O–H groups in total. The van der Waals surface area contributed by atoms with Gasteiger partial charge >= 0.3 is 0 Å². The van der Waals surface area contributed by atoms with Gasteiger partial charge in [-0.25, -0.2) is 0 Å². The third kappa shape index (κ3) is 2.44. The molecule has 1 aliphatic rings. The number of carbonyl (C=O) groups is 1. The summed E-state index contributed by atoms with van der Waals surface area (Å²) in [5.74, 6) is 0.0982. The van der Waals surface area contributed by atoms with Crippen LogP contribution in [0.2, 0.25) is 0 Å². The van der Waals surface area contributed by atoms with Crippen molar-refractivity contribution < 1.29 is 9.90 Å². The molecule has 3 aromatic rings. The zero-order chi connectivity index (χ0) is 15.8. The number of hydrogen-bond acceptors (Lipinski definition) is 4. The van der Waals surface area contributed by atoms with Crippen molar-refractivity contribution in [2.45, 2.75) is 6.54 Å². The fourth-order valence-corrected chi connectivity index (χ4v) is 2.69. The van der Waals surface area contributed by atoms with Gasteiger partial charge in [-0.05, 0) is 30.3 Å². The van der Waals surface area contributed by atoms with Crippen molar-refractivity contribution in [1.82, 2.24) is 20.1 Å². The van der Waals surface area contributed by atoms with Gasteiger partial charge in [0, 0.05) is 23.9 Å². The SMILES string of the molecule is O=C1NCCn2nc(-c3ccnc(-c4cccc(O)c4)c3)cc21. The van der Waals surface area contributed by atoms with Crippen LogP contribution in [0, 0.1) is 0 Å². The molecular formula is C17H14N4O2. The molecule has 0 spiro atoms. The molecule has 0 saturated carbocycles. The summed E-state index contributed by atoms with van der Waals surface area (Å²) < 4.78 is 1.72. The number of phenols is 1. The number of amides is 1. The molecule has 0 atom stereocenters. The molecule has 6 heteroatoms. The first-order valence-corrected chi connectivity index (χ1v) is 7.32. The fraction of sp³-hybridized carbons (Fsp3) is 0.118. The van der Waals surface area contributed by atoms with Gasteiger partial charge in [0.2, 0.25) is 0 Å². The van der Waals surface area contributed by atoms with E-state index in [4.69, 9.17) is 0 Å². The molecule has 2 aromatic heterocycles. The maximum absolute atomic E-state index is 11.8. The molecule has 23 heavy (non-hydrogen) atoms. The van der Waals surface area contributed by atoms with Crippen molar-refractivity contribution in [1.29, 1.82) is 0 Å². The molecule has 0 saturated heterocycles. The normalized spacial score (nSPS) is 13.5. The number of phenolic OH excluding ortho intramolecular Hbond substituents is 1. The van der Waals surface area contributed by atoms with E-state index in [1.54, 1.807) is 35.1 Å². The average Bonchev–Trinajstić information content (AvgIpc) is 3.01. The minimum absolute atomic E-state index is 0.0998. The summed E-state index contributed by atoms with van der Waals surface area (Å²) in [5, 5.41) is 16.9. The van der Waals surface area contributed by atoms with Crippen molar-refractivity contribution in [3.8, 4) is 28.3 Å². The van der Waals surface area contributed by atoms with Crippen LogP contribution in [0.3, 0.4) is 0 Å². The number of hydrogen-bond donors (Lipinski definition) is 2. The molecule has 3 heterocycles. The highest BCUT2D eigenvalue weighted by molar-refractivity contribution is 5.94. The van der Waals surface area contributed by atoms with E-state index in [0.717, 1.165) is 22.5 Å². The van der Waals surface area contributed by atoms with Crippen LogP contribution in [0.4, 0.5) is 0 Å². The molecule has 1 aromatic carbocycles. The number of pyridine rings is 1. The second-order valence-corrected chi connectivity index (χ2v) is 5.37. The summed E-state index contributed by atoms with van der Waals surface area (Å²) in [6.07, 6.45) is 1.70. The molecule has 0 unspecified atom stereocenters. The van der Waals surface area contributed by atoms with E-state index < -0.39 is 0 Å². The zero-order valence-corrected chi connectivity index (χ0v) is 12.2. The molecule has 0 radical (unpaired) electrons. The van der Waals surface area contributed by atoms with Crippen LogP contribution in [-0.2, 0) is 6.54 Å². The van der Waals surface area contributed by atoms with E-state index >= 15 is 0 Å². The average molecular weight is 306 g/mol. The number of carbonyl (C=O) groups excluding carboxylic acids is 1. The summed E-state index contributed by atoms with van der Waals surface area (Å²) in [7, 11) is 0. The van der Waals surface area contributed by atoms with Gasteiger partial charge in [0.1, 0.15) is 11.4 Å². The summed E-state index contributed by atoms with van der Waals surface area (Å²) in [6.45, 7) is 1.27. The molecule has 0 fully saturated rings. The predicted molar refractivity (Wildman–Crippen MR) is 84.9 cm³/mol. The summed E-state index contributed by atoms with van der Waals surface area (Å²) in [6, 6.07) is 12.5. The van der Waals surface area contributed by atoms with Gasteiger partial charge in [-0.1, -0.05) is 12.1 Å². The number of rotatable bonds is 2. The third-order valence-corrected chi connectivity index (χ3v) is 3.82. The van der Waals surface area contributed by atoms with Gasteiger partial charge in [0.15, 0.2) is 0 Å². The van der Waals surface area contributed by atoms with Gasteiger partial charge in [-0.15, -0.1) is 0 Å². The lowest BCUT2D eigenvalue weighted by molar-refractivity contribution is 0.0924. The maximum atomic E-state index is 11.8. The van der Waals surface area contributed by atoms with E-state index in [1.165, 1.54) is 0 Å². The lowest BCUT2D eigenvalue weighted by atomic mass is 10.1. The van der Waals surface area contributed by atoms with Gasteiger partial charge in [0.25, 0.3) is 5.91 Å². The first-order valence-electron chi connectivity index (χ1n) is 7.32. The van der Waals surface area contributed by atoms with Crippen molar-refractivity contribution >= 4 is 5.91 Å². The Labute approximate surface area is 132 Å². The number of benzene rings is 1. The van der Waals surface area contributed by atoms with Gasteiger partial charge in [0.05, 0.1) is 17.9 Å². The Morgan fingerprint density at radius 3 is 2.78 bits per heavy atom. The number of fused-ring (bicyclic) bond motifs is 1. The highest BCUT2D eigenvalue weighted by Gasteiger charge is 2.19. The first kappa shape index (κ1) is 13.5. The van der Waals surface area contributed by atoms with Gasteiger partial charge in [-0.3, -0.25) is 14.5 Å². The lowest BCUT2D eigenvalue weighted by Gasteiger charge is -2.13. The van der Waals surface area contributed by atoms with Crippen molar-refractivity contribution in [3.05, 3.63) is 54.4 Å². The molecule has 0 bridgehead atoms. The minimum Gasteiger partial charge on any atom is -0.508 e. The predicted octanol–water partition coefficient (Wildman–Crippen LogP) is 2.06. The van der Waals surface area contributed by atoms with Crippen LogP contribution in [0.5, 0.6) is 5.75 Å². The minimum atomic E-state index is -0.0998. The Morgan fingerprint density at radius 2 is 1.96 bits per heavy atom. The lowest BCUT2D eigenvalue weighted by Crippen LogP contribution is -2.35.